The largest absolute Gasteiger partial charge is 0.391 e. The number of carbonyl (C=O) groups excluding carboxylic acids is 2. The minimum Gasteiger partial charge on any atom is -0.391 e. The standard InChI is InChI=1S/C15H20N2O3/c1-10-6-7-17(9-14(10)19)15(20)12-4-3-5-13(8-12)16-11(2)18/h3-5,8,10,14,19H,6-7,9H2,1-2H3,(H,16,18). The highest BCUT2D eigenvalue weighted by Gasteiger charge is 2.27. The Labute approximate surface area is 118 Å². The second-order valence-corrected chi connectivity index (χ2v) is 5.35. The van der Waals surface area contributed by atoms with Gasteiger partial charge in [-0.1, -0.05) is 13.0 Å². The number of piperidine rings is 1. The number of carbonyl (C=O) groups is 2. The molecule has 5 nitrogen and oxygen atoms in total. The maximum Gasteiger partial charge on any atom is 0.254 e. The summed E-state index contributed by atoms with van der Waals surface area (Å²) in [5.74, 6) is -0.0512. The van der Waals surface area contributed by atoms with Crippen LogP contribution in [0.5, 0.6) is 0 Å². The lowest BCUT2D eigenvalue weighted by Crippen LogP contribution is -2.45. The van der Waals surface area contributed by atoms with Crippen LogP contribution in [0.4, 0.5) is 5.69 Å². The lowest BCUT2D eigenvalue weighted by atomic mass is 9.95. The fraction of sp³-hybridized carbons (Fsp3) is 0.467. The molecule has 0 saturated carbocycles. The Morgan fingerprint density at radius 1 is 1.40 bits per heavy atom. The van der Waals surface area contributed by atoms with Crippen molar-refractivity contribution in [1.82, 2.24) is 4.90 Å². The third-order valence-electron chi connectivity index (χ3n) is 3.64. The molecule has 0 radical (unpaired) electrons. The van der Waals surface area contributed by atoms with Crippen molar-refractivity contribution in [1.29, 1.82) is 0 Å². The summed E-state index contributed by atoms with van der Waals surface area (Å²) in [6.45, 7) is 4.44. The Kier molecular flexibility index (Phi) is 4.39. The fourth-order valence-corrected chi connectivity index (χ4v) is 2.35. The number of rotatable bonds is 2. The second-order valence-electron chi connectivity index (χ2n) is 5.35. The monoisotopic (exact) mass is 276 g/mol. The van der Waals surface area contributed by atoms with E-state index in [0.29, 0.717) is 24.3 Å². The van der Waals surface area contributed by atoms with Crippen molar-refractivity contribution in [2.45, 2.75) is 26.4 Å². The van der Waals surface area contributed by atoms with Crippen molar-refractivity contribution >= 4 is 17.5 Å². The predicted octanol–water partition coefficient (Wildman–Crippen LogP) is 1.49. The number of benzene rings is 1. The van der Waals surface area contributed by atoms with E-state index in [2.05, 4.69) is 5.32 Å². The van der Waals surface area contributed by atoms with Gasteiger partial charge in [0.25, 0.3) is 5.91 Å². The summed E-state index contributed by atoms with van der Waals surface area (Å²) in [6, 6.07) is 6.86. The summed E-state index contributed by atoms with van der Waals surface area (Å²) in [5, 5.41) is 12.5. The summed E-state index contributed by atoms with van der Waals surface area (Å²) in [5.41, 5.74) is 1.13. The first-order valence-electron chi connectivity index (χ1n) is 6.82. The highest BCUT2D eigenvalue weighted by molar-refractivity contribution is 5.96. The van der Waals surface area contributed by atoms with E-state index in [4.69, 9.17) is 0 Å². The average Bonchev–Trinajstić information content (AvgIpc) is 2.40. The number of amides is 2. The SMILES string of the molecule is CC(=O)Nc1cccc(C(=O)N2CCC(C)C(O)C2)c1. The third kappa shape index (κ3) is 3.36. The van der Waals surface area contributed by atoms with Crippen molar-refractivity contribution in [3.05, 3.63) is 29.8 Å². The molecule has 1 aromatic rings. The van der Waals surface area contributed by atoms with Crippen LogP contribution in [0.15, 0.2) is 24.3 Å². The smallest absolute Gasteiger partial charge is 0.254 e. The molecule has 1 aliphatic rings. The van der Waals surface area contributed by atoms with Gasteiger partial charge in [0.15, 0.2) is 0 Å². The van der Waals surface area contributed by atoms with Gasteiger partial charge >= 0.3 is 0 Å². The Balaban J connectivity index is 2.11. The lowest BCUT2D eigenvalue weighted by molar-refractivity contribution is -0.114. The molecule has 0 aliphatic carbocycles. The third-order valence-corrected chi connectivity index (χ3v) is 3.64. The van der Waals surface area contributed by atoms with Crippen molar-refractivity contribution in [3.63, 3.8) is 0 Å². The molecule has 2 N–H and O–H groups in total. The van der Waals surface area contributed by atoms with E-state index < -0.39 is 6.10 Å². The fourth-order valence-electron chi connectivity index (χ4n) is 2.35. The van der Waals surface area contributed by atoms with Crippen LogP contribution >= 0.6 is 0 Å². The summed E-state index contributed by atoms with van der Waals surface area (Å²) in [6.07, 6.45) is 0.337. The van der Waals surface area contributed by atoms with Crippen LogP contribution in [0.1, 0.15) is 30.6 Å². The first-order chi connectivity index (χ1) is 9.47. The van der Waals surface area contributed by atoms with Gasteiger partial charge in [0.2, 0.25) is 5.91 Å². The van der Waals surface area contributed by atoms with Crippen LogP contribution in [0.3, 0.4) is 0 Å². The maximum atomic E-state index is 12.4. The van der Waals surface area contributed by atoms with E-state index in [1.165, 1.54) is 6.92 Å². The first kappa shape index (κ1) is 14.5. The molecule has 0 bridgehead atoms. The number of nitrogens with one attached hydrogen (secondary N) is 1. The lowest BCUT2D eigenvalue weighted by Gasteiger charge is -2.34. The minimum absolute atomic E-state index is 0.108. The van der Waals surface area contributed by atoms with Gasteiger partial charge in [0.1, 0.15) is 0 Å². The zero-order chi connectivity index (χ0) is 14.7. The Morgan fingerprint density at radius 2 is 2.15 bits per heavy atom. The Hall–Kier alpha value is -1.88. The van der Waals surface area contributed by atoms with Crippen LogP contribution in [0.2, 0.25) is 0 Å². The molecule has 0 spiro atoms. The summed E-state index contributed by atoms with van der Waals surface area (Å²) in [4.78, 5) is 25.1. The van der Waals surface area contributed by atoms with Gasteiger partial charge in [0.05, 0.1) is 6.10 Å². The molecule has 1 fully saturated rings. The molecule has 1 aromatic carbocycles. The molecule has 108 valence electrons. The van der Waals surface area contributed by atoms with E-state index in [0.717, 1.165) is 6.42 Å². The first-order valence-corrected chi connectivity index (χ1v) is 6.82. The molecule has 5 heteroatoms. The molecule has 1 aliphatic heterocycles. The number of β-amino-alcohol motifs (C(OH)–C–C–N with tert-alkyl or cyclic N) is 1. The van der Waals surface area contributed by atoms with Crippen LogP contribution in [-0.4, -0.2) is 41.0 Å². The van der Waals surface area contributed by atoms with Crippen LogP contribution in [0.25, 0.3) is 0 Å². The van der Waals surface area contributed by atoms with E-state index in [1.807, 2.05) is 6.92 Å². The van der Waals surface area contributed by atoms with E-state index in [9.17, 15) is 14.7 Å². The molecular weight excluding hydrogens is 256 g/mol. The normalized spacial score (nSPS) is 22.4. The van der Waals surface area contributed by atoms with E-state index >= 15 is 0 Å². The zero-order valence-electron chi connectivity index (χ0n) is 11.8. The van der Waals surface area contributed by atoms with Crippen LogP contribution < -0.4 is 5.32 Å². The molecule has 2 unspecified atom stereocenters. The molecule has 2 rings (SSSR count). The summed E-state index contributed by atoms with van der Waals surface area (Å²) >= 11 is 0. The number of anilines is 1. The van der Waals surface area contributed by atoms with Gasteiger partial charge in [-0.15, -0.1) is 0 Å². The van der Waals surface area contributed by atoms with Crippen molar-refractivity contribution in [2.24, 2.45) is 5.92 Å². The Bertz CT molecular complexity index is 516. The molecule has 1 saturated heterocycles. The number of aliphatic hydroxyl groups is 1. The van der Waals surface area contributed by atoms with Crippen LogP contribution in [0, 0.1) is 5.92 Å². The van der Waals surface area contributed by atoms with Crippen molar-refractivity contribution < 1.29 is 14.7 Å². The van der Waals surface area contributed by atoms with Gasteiger partial charge in [-0.3, -0.25) is 9.59 Å². The number of hydrogen-bond donors (Lipinski definition) is 2. The van der Waals surface area contributed by atoms with Crippen molar-refractivity contribution in [3.8, 4) is 0 Å². The van der Waals surface area contributed by atoms with Crippen molar-refractivity contribution in [2.75, 3.05) is 18.4 Å². The summed E-state index contributed by atoms with van der Waals surface area (Å²) < 4.78 is 0. The van der Waals surface area contributed by atoms with E-state index in [-0.39, 0.29) is 17.7 Å². The number of nitrogens with zero attached hydrogens (tertiary/aromatic N) is 1. The van der Waals surface area contributed by atoms with Gasteiger partial charge < -0.3 is 15.3 Å². The number of hydrogen-bond acceptors (Lipinski definition) is 3. The molecule has 2 atom stereocenters. The summed E-state index contributed by atoms with van der Waals surface area (Å²) in [7, 11) is 0. The number of aliphatic hydroxyl groups excluding tert-OH is 1. The molecular formula is C15H20N2O3. The second kappa shape index (κ2) is 6.05. The van der Waals surface area contributed by atoms with Gasteiger partial charge in [-0.25, -0.2) is 0 Å². The van der Waals surface area contributed by atoms with Gasteiger partial charge in [-0.05, 0) is 30.5 Å². The topological polar surface area (TPSA) is 69.6 Å². The minimum atomic E-state index is -0.466. The van der Waals surface area contributed by atoms with Crippen LogP contribution in [-0.2, 0) is 4.79 Å². The molecule has 20 heavy (non-hydrogen) atoms. The molecule has 1 heterocycles. The predicted molar refractivity (Wildman–Crippen MR) is 76.4 cm³/mol. The van der Waals surface area contributed by atoms with Gasteiger partial charge in [-0.2, -0.15) is 0 Å². The highest BCUT2D eigenvalue weighted by Crippen LogP contribution is 2.20. The quantitative estimate of drug-likeness (QED) is 0.859. The van der Waals surface area contributed by atoms with Gasteiger partial charge in [0, 0.05) is 31.3 Å². The highest BCUT2D eigenvalue weighted by atomic mass is 16.3. The Morgan fingerprint density at radius 3 is 2.80 bits per heavy atom. The number of likely N-dealkylation sites (tertiary alicyclic amines) is 1. The zero-order valence-corrected chi connectivity index (χ0v) is 11.8. The molecule has 0 aromatic heterocycles. The maximum absolute atomic E-state index is 12.4. The van der Waals surface area contributed by atoms with E-state index in [1.54, 1.807) is 29.2 Å². The molecule has 2 amide bonds. The average molecular weight is 276 g/mol.